The van der Waals surface area contributed by atoms with E-state index in [-0.39, 0.29) is 17.7 Å². The summed E-state index contributed by atoms with van der Waals surface area (Å²) in [4.78, 5) is 32.5. The molecule has 0 aliphatic heterocycles. The van der Waals surface area contributed by atoms with Gasteiger partial charge in [-0.15, -0.1) is 11.3 Å². The van der Waals surface area contributed by atoms with E-state index in [1.807, 2.05) is 25.3 Å². The van der Waals surface area contributed by atoms with Crippen molar-refractivity contribution in [2.24, 2.45) is 0 Å². The fourth-order valence-corrected chi connectivity index (χ4v) is 3.12. The Morgan fingerprint density at radius 2 is 2.24 bits per heavy atom. The average Bonchev–Trinajstić information content (AvgIpc) is 2.93. The molecule has 0 unspecified atom stereocenters. The molecule has 2 aromatic heterocycles. The third kappa shape index (κ3) is 4.40. The van der Waals surface area contributed by atoms with Gasteiger partial charge in [-0.2, -0.15) is 0 Å². The Balaban J connectivity index is 1.87. The SMILES string of the molecule is CC[C@H](C)NC(=O)NC(=O)CSc1ncnc2sccc12. The topological polar surface area (TPSA) is 84.0 Å². The van der Waals surface area contributed by atoms with Crippen molar-refractivity contribution in [2.45, 2.75) is 31.3 Å². The highest BCUT2D eigenvalue weighted by Gasteiger charge is 2.12. The fourth-order valence-electron chi connectivity index (χ4n) is 1.54. The molecule has 0 radical (unpaired) electrons. The molecule has 1 atom stereocenters. The van der Waals surface area contributed by atoms with Gasteiger partial charge in [0.1, 0.15) is 16.2 Å². The van der Waals surface area contributed by atoms with E-state index >= 15 is 0 Å². The molecule has 6 nitrogen and oxygen atoms in total. The van der Waals surface area contributed by atoms with E-state index in [4.69, 9.17) is 0 Å². The smallest absolute Gasteiger partial charge is 0.321 e. The highest BCUT2D eigenvalue weighted by Crippen LogP contribution is 2.27. The molecule has 0 aromatic carbocycles. The summed E-state index contributed by atoms with van der Waals surface area (Å²) in [6, 6.07) is 1.51. The number of hydrogen-bond donors (Lipinski definition) is 2. The summed E-state index contributed by atoms with van der Waals surface area (Å²) in [5, 5.41) is 8.60. The molecular weight excluding hydrogens is 308 g/mol. The van der Waals surface area contributed by atoms with Crippen LogP contribution in [0.25, 0.3) is 10.2 Å². The van der Waals surface area contributed by atoms with Crippen LogP contribution in [0.1, 0.15) is 20.3 Å². The first-order valence-electron chi connectivity index (χ1n) is 6.51. The largest absolute Gasteiger partial charge is 0.335 e. The molecule has 2 N–H and O–H groups in total. The summed E-state index contributed by atoms with van der Waals surface area (Å²) in [6.07, 6.45) is 2.29. The number of carbonyl (C=O) groups is 2. The number of imide groups is 1. The summed E-state index contributed by atoms with van der Waals surface area (Å²) >= 11 is 2.82. The number of thiophene rings is 1. The zero-order valence-corrected chi connectivity index (χ0v) is 13.4. The number of nitrogens with zero attached hydrogens (tertiary/aromatic N) is 2. The van der Waals surface area contributed by atoms with Crippen LogP contribution in [0.15, 0.2) is 22.8 Å². The maximum absolute atomic E-state index is 11.7. The summed E-state index contributed by atoms with van der Waals surface area (Å²) in [5.74, 6) is -0.210. The van der Waals surface area contributed by atoms with Gasteiger partial charge in [-0.05, 0) is 24.8 Å². The fraction of sp³-hybridized carbons (Fsp3) is 0.385. The van der Waals surface area contributed by atoms with Crippen LogP contribution in [0, 0.1) is 0 Å². The second-order valence-corrected chi connectivity index (χ2v) is 6.30. The molecule has 0 aliphatic carbocycles. The number of hydrogen-bond acceptors (Lipinski definition) is 6. The summed E-state index contributed by atoms with van der Waals surface area (Å²) in [5.41, 5.74) is 0. The van der Waals surface area contributed by atoms with Gasteiger partial charge in [-0.3, -0.25) is 10.1 Å². The monoisotopic (exact) mass is 324 g/mol. The molecule has 2 rings (SSSR count). The van der Waals surface area contributed by atoms with Crippen LogP contribution in [0.3, 0.4) is 0 Å². The molecule has 0 saturated carbocycles. The van der Waals surface area contributed by atoms with Crippen molar-refractivity contribution in [1.29, 1.82) is 0 Å². The molecular formula is C13H16N4O2S2. The van der Waals surface area contributed by atoms with Crippen molar-refractivity contribution >= 4 is 45.3 Å². The highest BCUT2D eigenvalue weighted by atomic mass is 32.2. The first kappa shape index (κ1) is 15.7. The lowest BCUT2D eigenvalue weighted by Crippen LogP contribution is -2.43. The Hall–Kier alpha value is -1.67. The van der Waals surface area contributed by atoms with Crippen molar-refractivity contribution in [3.05, 3.63) is 17.8 Å². The van der Waals surface area contributed by atoms with Crippen LogP contribution in [0.4, 0.5) is 4.79 Å². The number of aromatic nitrogens is 2. The minimum Gasteiger partial charge on any atom is -0.335 e. The normalized spacial score (nSPS) is 12.1. The number of nitrogens with one attached hydrogen (secondary N) is 2. The summed E-state index contributed by atoms with van der Waals surface area (Å²) in [6.45, 7) is 3.84. The lowest BCUT2D eigenvalue weighted by atomic mass is 10.3. The molecule has 21 heavy (non-hydrogen) atoms. The van der Waals surface area contributed by atoms with Crippen molar-refractivity contribution in [3.8, 4) is 0 Å². The number of amides is 3. The number of carbonyl (C=O) groups excluding carboxylic acids is 2. The van der Waals surface area contributed by atoms with Gasteiger partial charge in [-0.1, -0.05) is 18.7 Å². The standard InChI is InChI=1S/C13H16N4O2S2/c1-3-8(2)16-13(19)17-10(18)6-21-12-9-4-5-20-11(9)14-7-15-12/h4-5,7-8H,3,6H2,1-2H3,(H2,16,17,18,19)/t8-/m0/s1. The van der Waals surface area contributed by atoms with Crippen molar-refractivity contribution < 1.29 is 9.59 Å². The maximum atomic E-state index is 11.7. The Morgan fingerprint density at radius 1 is 1.43 bits per heavy atom. The van der Waals surface area contributed by atoms with Crippen LogP contribution in [0.5, 0.6) is 0 Å². The second-order valence-electron chi connectivity index (χ2n) is 4.44. The summed E-state index contributed by atoms with van der Waals surface area (Å²) < 4.78 is 0. The van der Waals surface area contributed by atoms with Crippen LogP contribution in [-0.2, 0) is 4.79 Å². The Kier molecular flexibility index (Phi) is 5.51. The number of fused-ring (bicyclic) bond motifs is 1. The van der Waals surface area contributed by atoms with Gasteiger partial charge in [0.25, 0.3) is 0 Å². The first-order chi connectivity index (χ1) is 10.1. The van der Waals surface area contributed by atoms with Gasteiger partial charge in [0.05, 0.1) is 5.75 Å². The predicted octanol–water partition coefficient (Wildman–Crippen LogP) is 2.41. The van der Waals surface area contributed by atoms with Crippen molar-refractivity contribution in [1.82, 2.24) is 20.6 Å². The molecule has 2 aromatic rings. The quantitative estimate of drug-likeness (QED) is 0.652. The van der Waals surface area contributed by atoms with Gasteiger partial charge in [-0.25, -0.2) is 14.8 Å². The van der Waals surface area contributed by atoms with Crippen molar-refractivity contribution in [2.75, 3.05) is 5.75 Å². The zero-order chi connectivity index (χ0) is 15.2. The van der Waals surface area contributed by atoms with Crippen LogP contribution in [-0.4, -0.2) is 33.7 Å². The average molecular weight is 324 g/mol. The van der Waals surface area contributed by atoms with E-state index in [9.17, 15) is 9.59 Å². The van der Waals surface area contributed by atoms with Gasteiger partial charge in [0.2, 0.25) is 5.91 Å². The predicted molar refractivity (Wildman–Crippen MR) is 84.6 cm³/mol. The lowest BCUT2D eigenvalue weighted by Gasteiger charge is -2.11. The molecule has 0 fully saturated rings. The molecule has 0 aliphatic rings. The van der Waals surface area contributed by atoms with Gasteiger partial charge in [0, 0.05) is 11.4 Å². The van der Waals surface area contributed by atoms with E-state index in [2.05, 4.69) is 20.6 Å². The summed E-state index contributed by atoms with van der Waals surface area (Å²) in [7, 11) is 0. The van der Waals surface area contributed by atoms with E-state index < -0.39 is 6.03 Å². The number of urea groups is 1. The molecule has 8 heteroatoms. The maximum Gasteiger partial charge on any atom is 0.321 e. The van der Waals surface area contributed by atoms with Gasteiger partial charge < -0.3 is 5.32 Å². The molecule has 0 saturated heterocycles. The first-order valence-corrected chi connectivity index (χ1v) is 8.38. The van der Waals surface area contributed by atoms with E-state index in [0.29, 0.717) is 0 Å². The molecule has 3 amide bonds. The van der Waals surface area contributed by atoms with Gasteiger partial charge in [0.15, 0.2) is 0 Å². The molecule has 0 bridgehead atoms. The van der Waals surface area contributed by atoms with E-state index in [0.717, 1.165) is 21.7 Å². The number of thioether (sulfide) groups is 1. The second kappa shape index (κ2) is 7.37. The third-order valence-electron chi connectivity index (χ3n) is 2.81. The molecule has 2 heterocycles. The number of rotatable bonds is 5. The zero-order valence-electron chi connectivity index (χ0n) is 11.8. The van der Waals surface area contributed by atoms with Crippen LogP contribution < -0.4 is 10.6 Å². The third-order valence-corrected chi connectivity index (χ3v) is 4.63. The molecule has 112 valence electrons. The van der Waals surface area contributed by atoms with Crippen LogP contribution >= 0.6 is 23.1 Å². The Bertz CT molecular complexity index is 644. The Labute approximate surface area is 130 Å². The van der Waals surface area contributed by atoms with E-state index in [1.54, 1.807) is 0 Å². The Morgan fingerprint density at radius 3 is 3.00 bits per heavy atom. The van der Waals surface area contributed by atoms with E-state index in [1.165, 1.54) is 29.4 Å². The highest BCUT2D eigenvalue weighted by molar-refractivity contribution is 8.00. The van der Waals surface area contributed by atoms with Crippen LogP contribution in [0.2, 0.25) is 0 Å². The minimum absolute atomic E-state index is 0.0396. The van der Waals surface area contributed by atoms with Gasteiger partial charge >= 0.3 is 6.03 Å². The van der Waals surface area contributed by atoms with Crippen molar-refractivity contribution in [3.63, 3.8) is 0 Å². The minimum atomic E-state index is -0.460. The lowest BCUT2D eigenvalue weighted by molar-refractivity contribution is -0.117. The molecule has 0 spiro atoms.